The first kappa shape index (κ1) is 69.6. The lowest BCUT2D eigenvalue weighted by molar-refractivity contribution is -0.143. The number of carboxylic acid groups (broad SMARTS) is 2. The molecule has 0 saturated carbocycles. The molecule has 1 fully saturated rings. The van der Waals surface area contributed by atoms with Gasteiger partial charge in [0.2, 0.25) is 76.8 Å². The molecule has 82 heavy (non-hydrogen) atoms. The highest BCUT2D eigenvalue weighted by Crippen LogP contribution is 2.20. The van der Waals surface area contributed by atoms with E-state index in [1.165, 1.54) is 13.8 Å². The molecular weight excluding hydrogens is 1100 g/mol. The monoisotopic (exact) mass is 1180 g/mol. The maximum absolute atomic E-state index is 14.2. The number of nitrogens with one attached hydrogen (secondary N) is 8. The predicted octanol–water partition coefficient (Wildman–Crippen LogP) is -7.37. The zero-order valence-electron chi connectivity index (χ0n) is 45.1. The highest BCUT2D eigenvalue weighted by atomic mass is 32.1. The van der Waals surface area contributed by atoms with Gasteiger partial charge in [0, 0.05) is 44.4 Å². The second-order valence-corrected chi connectivity index (χ2v) is 19.8. The fraction of sp³-hybridized carbons (Fsp3) is 0.571. The van der Waals surface area contributed by atoms with Crippen molar-refractivity contribution in [3.8, 4) is 0 Å². The lowest BCUT2D eigenvalue weighted by Gasteiger charge is -2.31. The molecule has 10 atom stereocenters. The van der Waals surface area contributed by atoms with Crippen LogP contribution in [0.4, 0.5) is 0 Å². The number of carbonyl (C=O) groups is 15. The Balaban J connectivity index is 2.32. The quantitative estimate of drug-likeness (QED) is 0.0275. The minimum Gasteiger partial charge on any atom is -0.481 e. The molecule has 1 aliphatic rings. The first-order chi connectivity index (χ1) is 38.5. The number of nitrogens with two attached hydrogens (primary N) is 5. The molecule has 0 unspecified atom stereocenters. The second-order valence-electron chi connectivity index (χ2n) is 19.5. The molecular formula is C49H74N14O18S. The summed E-state index contributed by atoms with van der Waals surface area (Å²) in [6, 6.07) is -7.60. The maximum Gasteiger partial charge on any atom is 0.326 e. The molecule has 1 aromatic carbocycles. The number of aliphatic carboxylic acids is 2. The van der Waals surface area contributed by atoms with Crippen molar-refractivity contribution in [1.82, 2.24) is 47.4 Å². The highest BCUT2D eigenvalue weighted by molar-refractivity contribution is 7.80. The van der Waals surface area contributed by atoms with E-state index in [0.717, 1.165) is 4.90 Å². The number of primary amides is 4. The smallest absolute Gasteiger partial charge is 0.326 e. The molecule has 1 saturated heterocycles. The number of carbonyl (C=O) groups excluding carboxylic acids is 13. The van der Waals surface area contributed by atoms with Crippen molar-refractivity contribution in [3.63, 3.8) is 0 Å². The number of thiol groups is 1. The predicted molar refractivity (Wildman–Crippen MR) is 288 cm³/mol. The molecule has 0 bridgehead atoms. The molecule has 33 heteroatoms. The third-order valence-corrected chi connectivity index (χ3v) is 12.9. The SMILES string of the molecule is CC(C)[C@H](NC(=O)[C@H](CCC(N)=O)NC(=O)[C@@H]1CCCN1C(=O)[C@H](CS)NC(=O)[C@H](CCC(N)=O)NC(=O)[C@H](CCC(=O)O)NC(=O)[C@H](CC(N)=O)NC(=O)[C@@H](N)CCC(N)=O)C(=O)N[C@@H](CO)C(=O)N[C@@H](Cc1ccccc1)C(=O)O. The van der Waals surface area contributed by atoms with Gasteiger partial charge in [0.05, 0.1) is 19.1 Å². The molecule has 21 N–H and O–H groups in total. The highest BCUT2D eigenvalue weighted by Gasteiger charge is 2.41. The number of rotatable bonds is 37. The number of likely N-dealkylation sites (tertiary alicyclic amines) is 1. The Morgan fingerprint density at radius 2 is 1.01 bits per heavy atom. The van der Waals surface area contributed by atoms with Crippen LogP contribution in [-0.2, 0) is 78.3 Å². The number of carboxylic acids is 2. The lowest BCUT2D eigenvalue weighted by Crippen LogP contribution is -2.61. The first-order valence-electron chi connectivity index (χ1n) is 25.8. The van der Waals surface area contributed by atoms with Gasteiger partial charge in [0.25, 0.3) is 0 Å². The van der Waals surface area contributed by atoms with E-state index in [-0.39, 0.29) is 38.6 Å². The van der Waals surface area contributed by atoms with E-state index in [1.807, 2.05) is 0 Å². The van der Waals surface area contributed by atoms with Gasteiger partial charge in [-0.1, -0.05) is 44.2 Å². The van der Waals surface area contributed by atoms with Crippen LogP contribution in [0.15, 0.2) is 30.3 Å². The van der Waals surface area contributed by atoms with Gasteiger partial charge in [0.15, 0.2) is 0 Å². The summed E-state index contributed by atoms with van der Waals surface area (Å²) in [4.78, 5) is 194. The van der Waals surface area contributed by atoms with Crippen molar-refractivity contribution >= 4 is 101 Å². The molecule has 1 heterocycles. The van der Waals surface area contributed by atoms with Crippen molar-refractivity contribution in [2.24, 2.45) is 34.6 Å². The number of aliphatic hydroxyl groups excluding tert-OH is 1. The van der Waals surface area contributed by atoms with E-state index in [4.69, 9.17) is 28.7 Å². The van der Waals surface area contributed by atoms with Crippen molar-refractivity contribution in [2.45, 2.75) is 151 Å². The van der Waals surface area contributed by atoms with Crippen molar-refractivity contribution in [1.29, 1.82) is 0 Å². The molecule has 0 aromatic heterocycles. The standard InChI is InChI=1S/C49H74N14O18S/c1-23(2)39(47(78)60-31(21-64)45(76)59-30(49(80)81)19-24-7-4-3-5-8-24)62-43(74)27(12-16-36(53)67)57-46(77)33-9-6-18-63(33)48(79)32(22-82)61-42(73)26(11-15-35(52)66)55-41(72)28(13-17-38(69)70)56-44(75)29(20-37(54)68)58-40(71)25(50)10-14-34(51)65/h3-5,7-8,23,25-33,39,64,82H,6,9-22,50H2,1-2H3,(H2,51,65)(H2,52,66)(H2,53,67)(H2,54,68)(H,55,72)(H,56,75)(H,57,77)(H,58,71)(H,59,76)(H,60,78)(H,61,73)(H,62,74)(H,69,70)(H,80,81)/t25-,26-,27-,28-,29-,30-,31-,32-,33-,39-/m0/s1. The summed E-state index contributed by atoms with van der Waals surface area (Å²) in [6.07, 6.45) is -4.78. The number of hydrogen-bond acceptors (Lipinski definition) is 18. The van der Waals surface area contributed by atoms with Crippen LogP contribution in [0.25, 0.3) is 0 Å². The van der Waals surface area contributed by atoms with Crippen LogP contribution in [0.1, 0.15) is 90.0 Å². The van der Waals surface area contributed by atoms with Crippen LogP contribution in [0, 0.1) is 5.92 Å². The van der Waals surface area contributed by atoms with Crippen LogP contribution in [0.3, 0.4) is 0 Å². The summed E-state index contributed by atoms with van der Waals surface area (Å²) >= 11 is 4.21. The zero-order chi connectivity index (χ0) is 62.0. The van der Waals surface area contributed by atoms with Crippen LogP contribution >= 0.6 is 12.6 Å². The van der Waals surface area contributed by atoms with Crippen molar-refractivity contribution < 1.29 is 87.2 Å². The van der Waals surface area contributed by atoms with Gasteiger partial charge >= 0.3 is 11.9 Å². The molecule has 2 rings (SSSR count). The van der Waals surface area contributed by atoms with Gasteiger partial charge in [-0.25, -0.2) is 4.79 Å². The normalized spacial score (nSPS) is 16.1. The molecule has 0 spiro atoms. The molecule has 0 radical (unpaired) electrons. The third kappa shape index (κ3) is 24.1. The number of benzene rings is 1. The van der Waals surface area contributed by atoms with Crippen LogP contribution in [0.2, 0.25) is 0 Å². The van der Waals surface area contributed by atoms with E-state index in [1.54, 1.807) is 30.3 Å². The third-order valence-electron chi connectivity index (χ3n) is 12.6. The Morgan fingerprint density at radius 1 is 0.561 bits per heavy atom. The maximum atomic E-state index is 14.2. The molecule has 32 nitrogen and oxygen atoms in total. The van der Waals surface area contributed by atoms with E-state index >= 15 is 0 Å². The number of hydrogen-bond donors (Lipinski definition) is 17. The number of nitrogens with zero attached hydrogens (tertiary/aromatic N) is 1. The summed E-state index contributed by atoms with van der Waals surface area (Å²) in [5, 5.41) is 47.8. The van der Waals surface area contributed by atoms with E-state index < -0.39 is 212 Å². The molecule has 0 aliphatic carbocycles. The van der Waals surface area contributed by atoms with Crippen molar-refractivity contribution in [2.75, 3.05) is 18.9 Å². The Labute approximate surface area is 475 Å². The molecule has 1 aromatic rings. The number of amides is 13. The van der Waals surface area contributed by atoms with Gasteiger partial charge in [0.1, 0.15) is 54.4 Å². The zero-order valence-corrected chi connectivity index (χ0v) is 46.0. The number of aliphatic hydroxyl groups is 1. The summed E-state index contributed by atoms with van der Waals surface area (Å²) in [7, 11) is 0. The van der Waals surface area contributed by atoms with Gasteiger partial charge < -0.3 is 91.4 Å². The first-order valence-corrected chi connectivity index (χ1v) is 26.5. The summed E-state index contributed by atoms with van der Waals surface area (Å²) in [5.74, 6) is -17.4. The average molecular weight is 1180 g/mol. The fourth-order valence-corrected chi connectivity index (χ4v) is 8.35. The Bertz CT molecular complexity index is 2510. The van der Waals surface area contributed by atoms with Crippen molar-refractivity contribution in [3.05, 3.63) is 35.9 Å². The molecule has 13 amide bonds. The van der Waals surface area contributed by atoms with Crippen LogP contribution < -0.4 is 71.2 Å². The van der Waals surface area contributed by atoms with Gasteiger partial charge in [-0.15, -0.1) is 0 Å². The van der Waals surface area contributed by atoms with E-state index in [2.05, 4.69) is 55.2 Å². The fourth-order valence-electron chi connectivity index (χ4n) is 8.11. The van der Waals surface area contributed by atoms with Gasteiger partial charge in [-0.2, -0.15) is 12.6 Å². The van der Waals surface area contributed by atoms with Crippen LogP contribution in [-0.4, -0.2) is 188 Å². The minimum absolute atomic E-state index is 0.00247. The minimum atomic E-state index is -1.82. The Hall–Kier alpha value is -8.46. The Kier molecular flexibility index (Phi) is 29.4. The van der Waals surface area contributed by atoms with Crippen LogP contribution in [0.5, 0.6) is 0 Å². The summed E-state index contributed by atoms with van der Waals surface area (Å²) in [6.45, 7) is 1.94. The van der Waals surface area contributed by atoms with Gasteiger partial charge in [-0.3, -0.25) is 67.1 Å². The second kappa shape index (κ2) is 34.6. The molecule has 454 valence electrons. The Morgan fingerprint density at radius 3 is 1.50 bits per heavy atom. The topological polar surface area (TPSA) is 546 Å². The average Bonchev–Trinajstić information content (AvgIpc) is 4.01. The summed E-state index contributed by atoms with van der Waals surface area (Å²) < 4.78 is 0. The van der Waals surface area contributed by atoms with Gasteiger partial charge in [-0.05, 0) is 50.0 Å². The van der Waals surface area contributed by atoms with E-state index in [9.17, 15) is 87.2 Å². The van der Waals surface area contributed by atoms with E-state index in [0.29, 0.717) is 5.56 Å². The molecule has 1 aliphatic heterocycles. The lowest BCUT2D eigenvalue weighted by atomic mass is 10.0. The summed E-state index contributed by atoms with van der Waals surface area (Å²) in [5.41, 5.74) is 27.4. The largest absolute Gasteiger partial charge is 0.481 e.